The third-order valence-corrected chi connectivity index (χ3v) is 5.53. The number of hydrogen-bond donors (Lipinski definition) is 3. The average molecular weight is 434 g/mol. The maximum atomic E-state index is 13.6. The lowest BCUT2D eigenvalue weighted by Gasteiger charge is -2.44. The van der Waals surface area contributed by atoms with Crippen LogP contribution in [-0.4, -0.2) is 43.6 Å². The summed E-state index contributed by atoms with van der Waals surface area (Å²) in [5.41, 5.74) is 10.6. The number of rotatable bonds is 6. The van der Waals surface area contributed by atoms with Crippen LogP contribution in [0.4, 0.5) is 32.8 Å². The largest absolute Gasteiger partial charge is 0.478 e. The molecule has 0 aliphatic carbocycles. The molecule has 0 aromatic heterocycles. The van der Waals surface area contributed by atoms with Gasteiger partial charge in [-0.05, 0) is 60.7 Å². The Bertz CT molecular complexity index is 1150. The van der Waals surface area contributed by atoms with E-state index in [4.69, 9.17) is 15.9 Å². The molecule has 0 radical (unpaired) electrons. The summed E-state index contributed by atoms with van der Waals surface area (Å²) in [7, 11) is 1.62. The maximum absolute atomic E-state index is 13.6. The first-order valence-electron chi connectivity index (χ1n) is 10.0. The van der Waals surface area contributed by atoms with Crippen molar-refractivity contribution in [3.8, 4) is 0 Å². The molecule has 4 N–H and O–H groups in total. The molecule has 0 unspecified atom stereocenters. The molecule has 3 aromatic rings. The highest BCUT2D eigenvalue weighted by Crippen LogP contribution is 2.45. The van der Waals surface area contributed by atoms with Gasteiger partial charge in [-0.3, -0.25) is 0 Å². The van der Waals surface area contributed by atoms with Gasteiger partial charge in [0.15, 0.2) is 0 Å². The van der Waals surface area contributed by atoms with E-state index in [-0.39, 0.29) is 17.4 Å². The number of nitrogens with zero attached hydrogens (tertiary/aromatic N) is 2. The highest BCUT2D eigenvalue weighted by Gasteiger charge is 2.33. The second kappa shape index (κ2) is 8.68. The fourth-order valence-corrected chi connectivity index (χ4v) is 4.03. The zero-order valence-corrected chi connectivity index (χ0v) is 17.5. The van der Waals surface area contributed by atoms with Crippen LogP contribution < -0.4 is 15.5 Å². The van der Waals surface area contributed by atoms with Gasteiger partial charge in [0.2, 0.25) is 0 Å². The molecule has 4 rings (SSSR count). The number of ether oxygens (including phenoxy) is 1. The number of halogens is 1. The van der Waals surface area contributed by atoms with E-state index in [1.807, 2.05) is 6.07 Å². The smallest absolute Gasteiger partial charge is 0.335 e. The zero-order valence-electron chi connectivity index (χ0n) is 17.5. The maximum Gasteiger partial charge on any atom is 0.335 e. The molecule has 0 fully saturated rings. The molecule has 1 heterocycles. The van der Waals surface area contributed by atoms with Gasteiger partial charge in [-0.25, -0.2) is 9.18 Å². The summed E-state index contributed by atoms with van der Waals surface area (Å²) >= 11 is 0. The van der Waals surface area contributed by atoms with E-state index in [2.05, 4.69) is 9.80 Å². The van der Waals surface area contributed by atoms with Crippen LogP contribution in [0.3, 0.4) is 0 Å². The molecule has 1 atom stereocenters. The van der Waals surface area contributed by atoms with Crippen molar-refractivity contribution in [2.75, 3.05) is 35.8 Å². The second-order valence-corrected chi connectivity index (χ2v) is 7.53. The van der Waals surface area contributed by atoms with Crippen LogP contribution in [-0.2, 0) is 4.74 Å². The lowest BCUT2D eigenvalue weighted by molar-refractivity contribution is 0.0697. The molecular weight excluding hydrogens is 411 g/mol. The van der Waals surface area contributed by atoms with Gasteiger partial charge in [0, 0.05) is 42.5 Å². The predicted octanol–water partition coefficient (Wildman–Crippen LogP) is 4.41. The first-order chi connectivity index (χ1) is 15.4. The monoisotopic (exact) mass is 434 g/mol. The van der Waals surface area contributed by atoms with Crippen LogP contribution in [0.5, 0.6) is 0 Å². The van der Waals surface area contributed by atoms with Crippen molar-refractivity contribution in [1.29, 1.82) is 5.41 Å². The van der Waals surface area contributed by atoms with E-state index in [9.17, 15) is 14.3 Å². The van der Waals surface area contributed by atoms with Gasteiger partial charge in [-0.15, -0.1) is 0 Å². The van der Waals surface area contributed by atoms with Crippen LogP contribution >= 0.6 is 0 Å². The van der Waals surface area contributed by atoms with E-state index < -0.39 is 5.97 Å². The number of anilines is 5. The Morgan fingerprint density at radius 2 is 1.81 bits per heavy atom. The Morgan fingerprint density at radius 1 is 1.16 bits per heavy atom. The summed E-state index contributed by atoms with van der Waals surface area (Å²) < 4.78 is 19.1. The first kappa shape index (κ1) is 21.3. The summed E-state index contributed by atoms with van der Waals surface area (Å²) in [6, 6.07) is 16.4. The fraction of sp³-hybridized carbons (Fsp3) is 0.167. The Morgan fingerprint density at radius 3 is 2.41 bits per heavy atom. The predicted molar refractivity (Wildman–Crippen MR) is 123 cm³/mol. The number of hydrogen-bond acceptors (Lipinski definition) is 6. The van der Waals surface area contributed by atoms with Crippen molar-refractivity contribution in [3.05, 3.63) is 77.6 Å². The lowest BCUT2D eigenvalue weighted by atomic mass is 10.0. The van der Waals surface area contributed by atoms with Crippen LogP contribution in [0.2, 0.25) is 0 Å². The summed E-state index contributed by atoms with van der Waals surface area (Å²) in [6.45, 7) is 0.916. The standard InChI is InChI=1S/C24H23FN4O3/c1-32-14-20-13-28(18-6-2-15(3-7-18)24(30)31)22-11-21(27)16(12-26)10-23(22)29(20)19-8-4-17(25)5-9-19/h2-12,20,26H,13-14,27H2,1H3,(H,30,31)/t20-/m0/s1. The molecule has 8 heteroatoms. The highest BCUT2D eigenvalue weighted by atomic mass is 19.1. The number of methoxy groups -OCH3 is 1. The minimum Gasteiger partial charge on any atom is -0.478 e. The third kappa shape index (κ3) is 3.88. The van der Waals surface area contributed by atoms with Gasteiger partial charge in [-0.2, -0.15) is 0 Å². The Labute approximate surface area is 185 Å². The minimum atomic E-state index is -0.991. The summed E-state index contributed by atoms with van der Waals surface area (Å²) in [4.78, 5) is 15.4. The molecular formula is C24H23FN4O3. The van der Waals surface area contributed by atoms with E-state index in [1.54, 1.807) is 49.6 Å². The number of nitrogens with two attached hydrogens (primary N) is 1. The van der Waals surface area contributed by atoms with E-state index in [0.29, 0.717) is 24.4 Å². The number of carboxylic acids is 1. The number of aromatic carboxylic acids is 1. The molecule has 0 saturated heterocycles. The molecule has 3 aromatic carbocycles. The minimum absolute atomic E-state index is 0.140. The molecule has 164 valence electrons. The van der Waals surface area contributed by atoms with Crippen molar-refractivity contribution in [2.24, 2.45) is 0 Å². The molecule has 0 saturated carbocycles. The Hall–Kier alpha value is -3.91. The van der Waals surface area contributed by atoms with Gasteiger partial charge in [0.1, 0.15) is 5.82 Å². The first-order valence-corrected chi connectivity index (χ1v) is 10.0. The van der Waals surface area contributed by atoms with Gasteiger partial charge in [0.25, 0.3) is 0 Å². The third-order valence-electron chi connectivity index (χ3n) is 5.53. The van der Waals surface area contributed by atoms with Crippen LogP contribution in [0, 0.1) is 11.2 Å². The van der Waals surface area contributed by atoms with Crippen molar-refractivity contribution < 1.29 is 19.0 Å². The summed E-state index contributed by atoms with van der Waals surface area (Å²) in [6.07, 6.45) is 1.20. The second-order valence-electron chi connectivity index (χ2n) is 7.53. The number of fused-ring (bicyclic) bond motifs is 1. The highest BCUT2D eigenvalue weighted by molar-refractivity contribution is 5.95. The van der Waals surface area contributed by atoms with Gasteiger partial charge in [-0.1, -0.05) is 0 Å². The molecule has 7 nitrogen and oxygen atoms in total. The lowest BCUT2D eigenvalue weighted by Crippen LogP contribution is -2.47. The molecule has 32 heavy (non-hydrogen) atoms. The molecule has 0 bridgehead atoms. The summed E-state index contributed by atoms with van der Waals surface area (Å²) in [5.74, 6) is -1.32. The van der Waals surface area contributed by atoms with Crippen LogP contribution in [0.1, 0.15) is 15.9 Å². The van der Waals surface area contributed by atoms with Crippen LogP contribution in [0.25, 0.3) is 0 Å². The van der Waals surface area contributed by atoms with E-state index in [1.165, 1.54) is 18.3 Å². The quantitative estimate of drug-likeness (QED) is 0.392. The van der Waals surface area contributed by atoms with E-state index >= 15 is 0 Å². The number of nitrogens with one attached hydrogen (secondary N) is 1. The topological polar surface area (TPSA) is 103 Å². The average Bonchev–Trinajstić information content (AvgIpc) is 2.79. The van der Waals surface area contributed by atoms with Crippen molar-refractivity contribution in [1.82, 2.24) is 0 Å². The molecule has 0 spiro atoms. The molecule has 1 aliphatic rings. The Kier molecular flexibility index (Phi) is 5.79. The van der Waals surface area contributed by atoms with E-state index in [0.717, 1.165) is 22.7 Å². The number of benzene rings is 3. The van der Waals surface area contributed by atoms with Crippen LogP contribution in [0.15, 0.2) is 60.7 Å². The van der Waals surface area contributed by atoms with Gasteiger partial charge in [0.05, 0.1) is 29.6 Å². The number of nitrogen functional groups attached to an aromatic ring is 1. The van der Waals surface area contributed by atoms with Crippen molar-refractivity contribution in [2.45, 2.75) is 6.04 Å². The number of carboxylic acid groups (broad SMARTS) is 1. The zero-order chi connectivity index (χ0) is 22.8. The molecule has 1 aliphatic heterocycles. The van der Waals surface area contributed by atoms with Gasteiger partial charge >= 0.3 is 5.97 Å². The SMILES string of the molecule is COC[C@@H]1CN(c2ccc(C(=O)O)cc2)c2cc(N)c(C=N)cc2N1c1ccc(F)cc1. The fourth-order valence-electron chi connectivity index (χ4n) is 4.03. The van der Waals surface area contributed by atoms with Gasteiger partial charge < -0.3 is 30.8 Å². The Balaban J connectivity index is 1.89. The van der Waals surface area contributed by atoms with Crippen molar-refractivity contribution in [3.63, 3.8) is 0 Å². The summed E-state index contributed by atoms with van der Waals surface area (Å²) in [5, 5.41) is 17.0. The normalized spacial score (nSPS) is 15.4. The van der Waals surface area contributed by atoms with Crippen molar-refractivity contribution >= 4 is 40.6 Å². The number of carbonyl (C=O) groups is 1. The molecule has 0 amide bonds.